The summed E-state index contributed by atoms with van der Waals surface area (Å²) in [6.45, 7) is 7.72. The largest absolute Gasteiger partial charge is 0.506 e. The van der Waals surface area contributed by atoms with Crippen molar-refractivity contribution < 1.29 is 9.84 Å². The molecule has 1 aromatic rings. The summed E-state index contributed by atoms with van der Waals surface area (Å²) in [7, 11) is 1.69. The van der Waals surface area contributed by atoms with Gasteiger partial charge in [0.25, 0.3) is 0 Å². The molecular weight excluding hydrogens is 407 g/mol. The summed E-state index contributed by atoms with van der Waals surface area (Å²) in [6, 6.07) is 7.50. The molecule has 0 atom stereocenters. The number of nitrogens with zero attached hydrogens (tertiary/aromatic N) is 3. The van der Waals surface area contributed by atoms with Crippen LogP contribution in [-0.2, 0) is 4.74 Å². The maximum absolute atomic E-state index is 9.96. The minimum Gasteiger partial charge on any atom is -0.506 e. The fraction of sp³-hybridized carbons (Fsp3) is 0.562. The maximum atomic E-state index is 9.96. The number of ether oxygens (including phenoxy) is 1. The lowest BCUT2D eigenvalue weighted by Crippen LogP contribution is -2.52. The van der Waals surface area contributed by atoms with Gasteiger partial charge in [0.05, 0.1) is 18.8 Å². The average Bonchev–Trinajstić information content (AvgIpc) is 2.55. The zero-order chi connectivity index (χ0) is 15.8. The van der Waals surface area contributed by atoms with Gasteiger partial charge < -0.3 is 25.0 Å². The smallest absolute Gasteiger partial charge is 0.194 e. The van der Waals surface area contributed by atoms with Crippen molar-refractivity contribution in [2.45, 2.75) is 6.92 Å². The first-order chi connectivity index (χ1) is 10.8. The first kappa shape index (κ1) is 19.8. The number of aromatic hydroxyl groups is 1. The van der Waals surface area contributed by atoms with Gasteiger partial charge in [0.2, 0.25) is 0 Å². The highest BCUT2D eigenvalue weighted by molar-refractivity contribution is 14.0. The van der Waals surface area contributed by atoms with Crippen LogP contribution in [0.5, 0.6) is 5.75 Å². The number of rotatable bonds is 5. The van der Waals surface area contributed by atoms with Crippen LogP contribution in [0.25, 0.3) is 0 Å². The van der Waals surface area contributed by atoms with Crippen LogP contribution in [0.15, 0.2) is 29.3 Å². The molecule has 0 amide bonds. The third-order valence-corrected chi connectivity index (χ3v) is 3.69. The number of para-hydroxylation sites is 2. The van der Waals surface area contributed by atoms with Crippen molar-refractivity contribution in [3.63, 3.8) is 0 Å². The minimum atomic E-state index is 0. The predicted octanol–water partition coefficient (Wildman–Crippen LogP) is 1.74. The molecule has 1 aliphatic heterocycles. The van der Waals surface area contributed by atoms with Crippen LogP contribution in [0.3, 0.4) is 0 Å². The molecule has 0 spiro atoms. The molecule has 1 fully saturated rings. The second kappa shape index (κ2) is 10.5. The molecule has 0 radical (unpaired) electrons. The van der Waals surface area contributed by atoms with Crippen LogP contribution in [0, 0.1) is 0 Å². The highest BCUT2D eigenvalue weighted by Gasteiger charge is 2.21. The van der Waals surface area contributed by atoms with E-state index < -0.39 is 0 Å². The standard InChI is InChI=1S/C16H26N4O2.HI/c1-3-17-16(18-8-13-22-2)20-11-9-19(10-12-20)14-6-4-5-7-15(14)21;/h4-7,21H,3,8-13H2,1-2H3,(H,17,18);1H. The Morgan fingerprint density at radius 3 is 2.57 bits per heavy atom. The molecule has 1 saturated heterocycles. The van der Waals surface area contributed by atoms with Gasteiger partial charge in [-0.3, -0.25) is 4.99 Å². The van der Waals surface area contributed by atoms with Crippen LogP contribution in [-0.4, -0.2) is 69.0 Å². The van der Waals surface area contributed by atoms with Crippen molar-refractivity contribution in [1.29, 1.82) is 0 Å². The second-order valence-corrected chi connectivity index (χ2v) is 5.19. The molecule has 23 heavy (non-hydrogen) atoms. The summed E-state index contributed by atoms with van der Waals surface area (Å²) in [5, 5.41) is 13.3. The molecule has 0 unspecified atom stereocenters. The molecule has 1 aromatic carbocycles. The van der Waals surface area contributed by atoms with E-state index >= 15 is 0 Å². The lowest BCUT2D eigenvalue weighted by atomic mass is 10.2. The molecule has 0 aromatic heterocycles. The number of phenolic OH excluding ortho intramolecular Hbond substituents is 1. The fourth-order valence-corrected chi connectivity index (χ4v) is 2.56. The number of nitrogens with one attached hydrogen (secondary N) is 1. The summed E-state index contributed by atoms with van der Waals surface area (Å²) < 4.78 is 5.06. The molecule has 0 aliphatic carbocycles. The van der Waals surface area contributed by atoms with E-state index in [9.17, 15) is 5.11 Å². The molecule has 0 saturated carbocycles. The van der Waals surface area contributed by atoms with E-state index in [2.05, 4.69) is 27.0 Å². The number of halogens is 1. The number of guanidine groups is 1. The van der Waals surface area contributed by atoms with E-state index in [1.54, 1.807) is 13.2 Å². The Labute approximate surface area is 155 Å². The average molecular weight is 434 g/mol. The van der Waals surface area contributed by atoms with E-state index in [1.807, 2.05) is 18.2 Å². The zero-order valence-electron chi connectivity index (χ0n) is 13.9. The molecule has 2 N–H and O–H groups in total. The third-order valence-electron chi connectivity index (χ3n) is 3.69. The lowest BCUT2D eigenvalue weighted by Gasteiger charge is -2.37. The van der Waals surface area contributed by atoms with Gasteiger partial charge in [0.15, 0.2) is 5.96 Å². The number of anilines is 1. The van der Waals surface area contributed by atoms with Crippen LogP contribution in [0.1, 0.15) is 6.92 Å². The highest BCUT2D eigenvalue weighted by atomic mass is 127. The Morgan fingerprint density at radius 1 is 1.26 bits per heavy atom. The van der Waals surface area contributed by atoms with Gasteiger partial charge in [0.1, 0.15) is 5.75 Å². The van der Waals surface area contributed by atoms with Crippen molar-refractivity contribution in [3.8, 4) is 5.75 Å². The van der Waals surface area contributed by atoms with Gasteiger partial charge in [-0.25, -0.2) is 0 Å². The number of hydrogen-bond acceptors (Lipinski definition) is 4. The fourth-order valence-electron chi connectivity index (χ4n) is 2.56. The summed E-state index contributed by atoms with van der Waals surface area (Å²) >= 11 is 0. The second-order valence-electron chi connectivity index (χ2n) is 5.19. The first-order valence-electron chi connectivity index (χ1n) is 7.81. The molecule has 2 rings (SSSR count). The van der Waals surface area contributed by atoms with Crippen molar-refractivity contribution in [1.82, 2.24) is 10.2 Å². The van der Waals surface area contributed by atoms with Crippen LogP contribution in [0.2, 0.25) is 0 Å². The van der Waals surface area contributed by atoms with E-state index in [4.69, 9.17) is 4.74 Å². The molecule has 1 heterocycles. The number of aliphatic imine (C=N–C) groups is 1. The first-order valence-corrected chi connectivity index (χ1v) is 7.81. The number of hydrogen-bond donors (Lipinski definition) is 2. The van der Waals surface area contributed by atoms with Crippen molar-refractivity contribution in [3.05, 3.63) is 24.3 Å². The molecule has 7 heteroatoms. The molecule has 6 nitrogen and oxygen atoms in total. The SMILES string of the molecule is CCNC(=NCCOC)N1CCN(c2ccccc2O)CC1.I. The Bertz CT molecular complexity index is 491. The molecule has 0 bridgehead atoms. The van der Waals surface area contributed by atoms with E-state index in [0.29, 0.717) is 18.9 Å². The number of phenols is 1. The van der Waals surface area contributed by atoms with Crippen molar-refractivity contribution in [2.24, 2.45) is 4.99 Å². The molecule has 130 valence electrons. The van der Waals surface area contributed by atoms with Gasteiger partial charge >= 0.3 is 0 Å². The Kier molecular flexibility index (Phi) is 9.08. The van der Waals surface area contributed by atoms with Crippen LogP contribution >= 0.6 is 24.0 Å². The van der Waals surface area contributed by atoms with Crippen molar-refractivity contribution >= 4 is 35.6 Å². The quantitative estimate of drug-likeness (QED) is 0.320. The Hall–Kier alpha value is -1.22. The van der Waals surface area contributed by atoms with E-state index in [0.717, 1.165) is 44.4 Å². The highest BCUT2D eigenvalue weighted by Crippen LogP contribution is 2.27. The van der Waals surface area contributed by atoms with Gasteiger partial charge in [-0.15, -0.1) is 24.0 Å². The minimum absolute atomic E-state index is 0. The van der Waals surface area contributed by atoms with Crippen molar-refractivity contribution in [2.75, 3.05) is 57.9 Å². The van der Waals surface area contributed by atoms with Crippen LogP contribution < -0.4 is 10.2 Å². The molecule has 1 aliphatic rings. The topological polar surface area (TPSA) is 60.3 Å². The third kappa shape index (κ3) is 5.72. The summed E-state index contributed by atoms with van der Waals surface area (Å²) in [5.74, 6) is 1.29. The normalized spacial score (nSPS) is 15.3. The number of piperazine rings is 1. The Morgan fingerprint density at radius 2 is 1.96 bits per heavy atom. The Balaban J connectivity index is 0.00000264. The zero-order valence-corrected chi connectivity index (χ0v) is 16.2. The predicted molar refractivity (Wildman–Crippen MR) is 105 cm³/mol. The van der Waals surface area contributed by atoms with Crippen LogP contribution in [0.4, 0.5) is 5.69 Å². The lowest BCUT2D eigenvalue weighted by molar-refractivity contribution is 0.207. The van der Waals surface area contributed by atoms with Gasteiger partial charge in [-0.05, 0) is 19.1 Å². The maximum Gasteiger partial charge on any atom is 0.194 e. The summed E-state index contributed by atoms with van der Waals surface area (Å²) in [6.07, 6.45) is 0. The van der Waals surface area contributed by atoms with Gasteiger partial charge in [0, 0.05) is 39.8 Å². The summed E-state index contributed by atoms with van der Waals surface area (Å²) in [5.41, 5.74) is 0.906. The molecular formula is C16H27IN4O2. The van der Waals surface area contributed by atoms with E-state index in [1.165, 1.54) is 0 Å². The van der Waals surface area contributed by atoms with E-state index in [-0.39, 0.29) is 24.0 Å². The number of methoxy groups -OCH3 is 1. The summed E-state index contributed by atoms with van der Waals surface area (Å²) in [4.78, 5) is 9.05. The van der Waals surface area contributed by atoms with Gasteiger partial charge in [-0.1, -0.05) is 12.1 Å². The van der Waals surface area contributed by atoms with Gasteiger partial charge in [-0.2, -0.15) is 0 Å². The monoisotopic (exact) mass is 434 g/mol. The number of benzene rings is 1.